The van der Waals surface area contributed by atoms with E-state index in [9.17, 15) is 9.59 Å². The Bertz CT molecular complexity index is 946. The van der Waals surface area contributed by atoms with E-state index in [1.165, 1.54) is 0 Å². The van der Waals surface area contributed by atoms with Crippen LogP contribution in [0.3, 0.4) is 0 Å². The minimum Gasteiger partial charge on any atom is -0.457 e. The van der Waals surface area contributed by atoms with Crippen LogP contribution in [0.25, 0.3) is 0 Å². The Morgan fingerprint density at radius 3 is 2.21 bits per heavy atom. The number of benzene rings is 3. The molecule has 29 heavy (non-hydrogen) atoms. The number of primary amides is 1. The van der Waals surface area contributed by atoms with E-state index in [0.29, 0.717) is 18.0 Å². The topological polar surface area (TPSA) is 93.5 Å². The lowest BCUT2D eigenvalue weighted by Crippen LogP contribution is -2.36. The van der Waals surface area contributed by atoms with E-state index in [4.69, 9.17) is 10.5 Å². The van der Waals surface area contributed by atoms with Gasteiger partial charge in [0.25, 0.3) is 0 Å². The molecule has 0 aliphatic rings. The lowest BCUT2D eigenvalue weighted by molar-refractivity contribution is -0.121. The number of nitrogens with one attached hydrogen (secondary N) is 2. The van der Waals surface area contributed by atoms with Crippen molar-refractivity contribution in [3.05, 3.63) is 96.1 Å². The highest BCUT2D eigenvalue weighted by molar-refractivity contribution is 5.78. The highest BCUT2D eigenvalue weighted by Gasteiger charge is 2.18. The summed E-state index contributed by atoms with van der Waals surface area (Å²) in [6.07, 6.45) is 0.0601. The zero-order valence-electron chi connectivity index (χ0n) is 15.9. The molecule has 0 aliphatic heterocycles. The maximum Gasteiger partial charge on any atom is 0.312 e. The standard InChI is InChI=1S/C23H23N3O3/c24-23(28)26-21(15-22(27)25-16-17-8-3-1-4-9-17)18-10-7-13-20(14-18)29-19-11-5-2-6-12-19/h1-14,21H,15-16H2,(H,25,27)(H3,24,26,28)/t21-/m1/s1. The molecular weight excluding hydrogens is 366 g/mol. The molecule has 0 aliphatic carbocycles. The van der Waals surface area contributed by atoms with E-state index >= 15 is 0 Å². The number of hydrogen-bond acceptors (Lipinski definition) is 3. The quantitative estimate of drug-likeness (QED) is 0.545. The molecule has 4 N–H and O–H groups in total. The van der Waals surface area contributed by atoms with Crippen LogP contribution in [0.15, 0.2) is 84.9 Å². The van der Waals surface area contributed by atoms with Gasteiger partial charge in [-0.25, -0.2) is 4.79 Å². The Morgan fingerprint density at radius 2 is 1.52 bits per heavy atom. The van der Waals surface area contributed by atoms with E-state index in [2.05, 4.69) is 10.6 Å². The number of carbonyl (C=O) groups is 2. The molecule has 0 saturated carbocycles. The van der Waals surface area contributed by atoms with Crippen LogP contribution in [-0.4, -0.2) is 11.9 Å². The first-order valence-electron chi connectivity index (χ1n) is 9.29. The minimum atomic E-state index is -0.694. The molecule has 0 radical (unpaired) electrons. The zero-order valence-corrected chi connectivity index (χ0v) is 15.9. The number of urea groups is 1. The second-order valence-electron chi connectivity index (χ2n) is 6.52. The van der Waals surface area contributed by atoms with Crippen LogP contribution >= 0.6 is 0 Å². The Labute approximate surface area is 169 Å². The van der Waals surface area contributed by atoms with Crippen molar-refractivity contribution in [3.63, 3.8) is 0 Å². The normalized spacial score (nSPS) is 11.3. The molecular formula is C23H23N3O3. The second-order valence-corrected chi connectivity index (χ2v) is 6.52. The highest BCUT2D eigenvalue weighted by atomic mass is 16.5. The third-order valence-corrected chi connectivity index (χ3v) is 4.28. The van der Waals surface area contributed by atoms with Gasteiger partial charge in [0.2, 0.25) is 5.91 Å². The molecule has 3 amide bonds. The molecule has 0 fully saturated rings. The molecule has 0 unspecified atom stereocenters. The summed E-state index contributed by atoms with van der Waals surface area (Å²) in [6.45, 7) is 0.417. The van der Waals surface area contributed by atoms with Gasteiger partial charge in [-0.15, -0.1) is 0 Å². The lowest BCUT2D eigenvalue weighted by atomic mass is 10.0. The molecule has 3 aromatic carbocycles. The van der Waals surface area contributed by atoms with Crippen molar-refractivity contribution in [2.45, 2.75) is 19.0 Å². The molecule has 3 aromatic rings. The fourth-order valence-corrected chi connectivity index (χ4v) is 2.90. The average molecular weight is 389 g/mol. The van der Waals surface area contributed by atoms with Crippen LogP contribution in [0.1, 0.15) is 23.6 Å². The largest absolute Gasteiger partial charge is 0.457 e. The van der Waals surface area contributed by atoms with Gasteiger partial charge in [0.15, 0.2) is 0 Å². The summed E-state index contributed by atoms with van der Waals surface area (Å²) in [4.78, 5) is 23.9. The molecule has 0 saturated heterocycles. The zero-order chi connectivity index (χ0) is 20.5. The number of rotatable bonds is 8. The Morgan fingerprint density at radius 1 is 0.862 bits per heavy atom. The van der Waals surface area contributed by atoms with Crippen molar-refractivity contribution < 1.29 is 14.3 Å². The lowest BCUT2D eigenvalue weighted by Gasteiger charge is -2.19. The van der Waals surface area contributed by atoms with Gasteiger partial charge in [-0.2, -0.15) is 0 Å². The summed E-state index contributed by atoms with van der Waals surface area (Å²) in [5.74, 6) is 1.11. The third kappa shape index (κ3) is 6.39. The van der Waals surface area contributed by atoms with Gasteiger partial charge in [-0.3, -0.25) is 4.79 Å². The molecule has 0 heterocycles. The molecule has 6 nitrogen and oxygen atoms in total. The van der Waals surface area contributed by atoms with E-state index in [0.717, 1.165) is 11.1 Å². The molecule has 6 heteroatoms. The van der Waals surface area contributed by atoms with E-state index < -0.39 is 12.1 Å². The van der Waals surface area contributed by atoms with Gasteiger partial charge in [-0.05, 0) is 35.4 Å². The maximum atomic E-state index is 12.4. The number of para-hydroxylation sites is 1. The number of ether oxygens (including phenoxy) is 1. The highest BCUT2D eigenvalue weighted by Crippen LogP contribution is 2.26. The molecule has 3 rings (SSSR count). The van der Waals surface area contributed by atoms with Crippen molar-refractivity contribution in [1.29, 1.82) is 0 Å². The van der Waals surface area contributed by atoms with Crippen LogP contribution in [0, 0.1) is 0 Å². The van der Waals surface area contributed by atoms with Crippen molar-refractivity contribution >= 4 is 11.9 Å². The molecule has 1 atom stereocenters. The van der Waals surface area contributed by atoms with E-state index in [1.54, 1.807) is 6.07 Å². The smallest absolute Gasteiger partial charge is 0.312 e. The summed E-state index contributed by atoms with van der Waals surface area (Å²) in [5, 5.41) is 5.50. The summed E-state index contributed by atoms with van der Waals surface area (Å²) in [5.41, 5.74) is 7.05. The van der Waals surface area contributed by atoms with Gasteiger partial charge in [-0.1, -0.05) is 60.7 Å². The Hall–Kier alpha value is -3.80. The van der Waals surface area contributed by atoms with Crippen molar-refractivity contribution in [3.8, 4) is 11.5 Å². The first-order valence-corrected chi connectivity index (χ1v) is 9.29. The van der Waals surface area contributed by atoms with Crippen molar-refractivity contribution in [2.75, 3.05) is 0 Å². The van der Waals surface area contributed by atoms with Crippen LogP contribution in [0.2, 0.25) is 0 Å². The van der Waals surface area contributed by atoms with Crippen LogP contribution in [0.5, 0.6) is 11.5 Å². The summed E-state index contributed by atoms with van der Waals surface area (Å²) in [6, 6.07) is 25.0. The van der Waals surface area contributed by atoms with Crippen LogP contribution < -0.4 is 21.1 Å². The summed E-state index contributed by atoms with van der Waals surface area (Å²) in [7, 11) is 0. The number of amides is 3. The predicted octanol–water partition coefficient (Wildman–Crippen LogP) is 3.89. The summed E-state index contributed by atoms with van der Waals surface area (Å²) >= 11 is 0. The van der Waals surface area contributed by atoms with Gasteiger partial charge in [0.05, 0.1) is 12.5 Å². The number of hydrogen-bond donors (Lipinski definition) is 3. The van der Waals surface area contributed by atoms with Gasteiger partial charge in [0.1, 0.15) is 11.5 Å². The van der Waals surface area contributed by atoms with Gasteiger partial charge in [0, 0.05) is 6.54 Å². The van der Waals surface area contributed by atoms with Gasteiger partial charge >= 0.3 is 6.03 Å². The van der Waals surface area contributed by atoms with Crippen molar-refractivity contribution in [2.24, 2.45) is 5.73 Å². The predicted molar refractivity (Wildman–Crippen MR) is 111 cm³/mol. The number of carbonyl (C=O) groups excluding carboxylic acids is 2. The minimum absolute atomic E-state index is 0.0601. The molecule has 0 aromatic heterocycles. The fraction of sp³-hybridized carbons (Fsp3) is 0.130. The number of nitrogens with two attached hydrogens (primary N) is 1. The van der Waals surface area contributed by atoms with Gasteiger partial charge < -0.3 is 21.1 Å². The SMILES string of the molecule is NC(=O)N[C@H](CC(=O)NCc1ccccc1)c1cccc(Oc2ccccc2)c1. The monoisotopic (exact) mass is 389 g/mol. The van der Waals surface area contributed by atoms with E-state index in [-0.39, 0.29) is 12.3 Å². The Kier molecular flexibility index (Phi) is 6.84. The van der Waals surface area contributed by atoms with E-state index in [1.807, 2.05) is 78.9 Å². The van der Waals surface area contributed by atoms with Crippen molar-refractivity contribution in [1.82, 2.24) is 10.6 Å². The molecule has 0 bridgehead atoms. The van der Waals surface area contributed by atoms with Crippen LogP contribution in [0.4, 0.5) is 4.79 Å². The second kappa shape index (κ2) is 9.94. The molecule has 0 spiro atoms. The Balaban J connectivity index is 1.68. The third-order valence-electron chi connectivity index (χ3n) is 4.28. The van der Waals surface area contributed by atoms with Crippen LogP contribution in [-0.2, 0) is 11.3 Å². The molecule has 148 valence electrons. The summed E-state index contributed by atoms with van der Waals surface area (Å²) < 4.78 is 5.84. The first-order chi connectivity index (χ1) is 14.1. The average Bonchev–Trinajstić information content (AvgIpc) is 2.73. The maximum absolute atomic E-state index is 12.4. The fourth-order valence-electron chi connectivity index (χ4n) is 2.90. The first kappa shape index (κ1) is 19.9.